The first kappa shape index (κ1) is 37.6. The van der Waals surface area contributed by atoms with Crippen LogP contribution in [0.25, 0.3) is 27.2 Å². The van der Waals surface area contributed by atoms with Gasteiger partial charge in [0.2, 0.25) is 0 Å². The molecule has 0 bridgehead atoms. The Hall–Kier alpha value is -4.71. The van der Waals surface area contributed by atoms with E-state index in [-0.39, 0.29) is 46.5 Å². The monoisotopic (exact) mass is 768 g/mol. The van der Waals surface area contributed by atoms with E-state index in [4.69, 9.17) is 34.7 Å². The molecule has 0 unspecified atom stereocenters. The van der Waals surface area contributed by atoms with Crippen LogP contribution in [0.3, 0.4) is 0 Å². The fraction of sp³-hybridized carbons (Fsp3) is 0.390. The zero-order valence-electron chi connectivity index (χ0n) is 30.6. The average Bonchev–Trinajstić information content (AvgIpc) is 3.51. The van der Waals surface area contributed by atoms with E-state index >= 15 is 0 Å². The molecule has 2 atom stereocenters. The molecule has 8 rings (SSSR count). The molecule has 2 aliphatic rings. The molecule has 0 aliphatic heterocycles. The third kappa shape index (κ3) is 7.24. The molecule has 2 aromatic carbocycles. The second-order valence-electron chi connectivity index (χ2n) is 14.6. The summed E-state index contributed by atoms with van der Waals surface area (Å²) >= 11 is 12.7. The summed E-state index contributed by atoms with van der Waals surface area (Å²) in [7, 11) is 0. The molecule has 11 nitrogen and oxygen atoms in total. The normalized spacial score (nSPS) is 16.6. The number of nitrogens with one attached hydrogen (secondary N) is 1. The smallest absolute Gasteiger partial charge is 0.260 e. The van der Waals surface area contributed by atoms with Crippen LogP contribution in [-0.2, 0) is 0 Å². The van der Waals surface area contributed by atoms with Crippen molar-refractivity contribution in [3.05, 3.63) is 115 Å². The van der Waals surface area contributed by atoms with Crippen molar-refractivity contribution in [1.82, 2.24) is 29.0 Å². The lowest BCUT2D eigenvalue weighted by Gasteiger charge is -2.29. The standard InChI is InChI=1S/C24H25ClN6O2.C17H21ClN2O/c1-14(28-23(32)20-21(26)29-30-12-6-11-27-22(20)30)18-13-15-7-5-10-17(25)19(15)24(33)31(18)16-8-3-2-4-9-16;1-11(19)15-10-12-6-5-9-14(18)16(12)17(21)20(15)13-7-3-2-4-8-13/h5-7,10-14,16H,2-4,8-9H2,1H3,(H2,26,29)(H,28,32);5-6,9-11,13H,2-4,7-8,19H2,1H3/t14-;11-/m00/s1. The molecule has 0 spiro atoms. The van der Waals surface area contributed by atoms with Gasteiger partial charge in [0.15, 0.2) is 11.5 Å². The number of fused-ring (bicyclic) bond motifs is 3. The molecular formula is C41H46Cl2N8O3. The molecular weight excluding hydrogens is 723 g/mol. The Bertz CT molecular complexity index is 2460. The van der Waals surface area contributed by atoms with Gasteiger partial charge in [-0.3, -0.25) is 14.4 Å². The molecule has 2 saturated carbocycles. The largest absolute Gasteiger partial charge is 0.381 e. The Kier molecular flexibility index (Phi) is 11.1. The number of aromatic nitrogens is 5. The third-order valence-corrected chi connectivity index (χ3v) is 11.5. The maximum atomic E-state index is 13.6. The average molecular weight is 770 g/mol. The SMILES string of the molecule is C[C@H](N)c1cc2cccc(Cl)c2c(=O)n1C1CCCCC1.C[C@H](NC(=O)c1c(N)nn2cccnc12)c1cc2cccc(Cl)c2c(=O)n1C1CCCCC1. The number of anilines is 1. The van der Waals surface area contributed by atoms with Gasteiger partial charge in [0.05, 0.1) is 26.9 Å². The van der Waals surface area contributed by atoms with Crippen molar-refractivity contribution in [2.45, 2.75) is 102 Å². The van der Waals surface area contributed by atoms with E-state index in [0.717, 1.165) is 60.7 Å². The third-order valence-electron chi connectivity index (χ3n) is 10.9. The maximum absolute atomic E-state index is 13.6. The van der Waals surface area contributed by atoms with Crippen LogP contribution in [0.2, 0.25) is 10.0 Å². The van der Waals surface area contributed by atoms with Gasteiger partial charge in [-0.2, -0.15) is 0 Å². The van der Waals surface area contributed by atoms with E-state index in [2.05, 4.69) is 15.4 Å². The molecule has 5 N–H and O–H groups in total. The zero-order valence-corrected chi connectivity index (χ0v) is 32.1. The Morgan fingerprint density at radius 1 is 0.796 bits per heavy atom. The van der Waals surface area contributed by atoms with Crippen LogP contribution in [0, 0.1) is 0 Å². The van der Waals surface area contributed by atoms with Gasteiger partial charge in [-0.25, -0.2) is 9.50 Å². The van der Waals surface area contributed by atoms with Gasteiger partial charge >= 0.3 is 0 Å². The number of benzene rings is 2. The van der Waals surface area contributed by atoms with Gasteiger partial charge in [0.25, 0.3) is 17.0 Å². The molecule has 54 heavy (non-hydrogen) atoms. The number of hydrogen-bond donors (Lipinski definition) is 3. The number of halogens is 2. The summed E-state index contributed by atoms with van der Waals surface area (Å²) in [6.07, 6.45) is 14.2. The number of amides is 1. The molecule has 1 amide bonds. The van der Waals surface area contributed by atoms with Crippen LogP contribution in [0.15, 0.2) is 76.6 Å². The highest BCUT2D eigenvalue weighted by Crippen LogP contribution is 2.34. The molecule has 6 aromatic rings. The second-order valence-corrected chi connectivity index (χ2v) is 15.4. The van der Waals surface area contributed by atoms with Gasteiger partial charge in [-0.1, -0.05) is 86.0 Å². The highest BCUT2D eigenvalue weighted by molar-refractivity contribution is 6.35. The molecule has 2 aliphatic carbocycles. The van der Waals surface area contributed by atoms with Crippen molar-refractivity contribution in [3.8, 4) is 0 Å². The summed E-state index contributed by atoms with van der Waals surface area (Å²) in [5, 5.41) is 10.9. The molecule has 13 heteroatoms. The molecule has 0 saturated heterocycles. The predicted molar refractivity (Wildman–Crippen MR) is 217 cm³/mol. The number of nitrogen functional groups attached to an aromatic ring is 1. The second kappa shape index (κ2) is 15.9. The molecule has 4 heterocycles. The minimum atomic E-state index is -0.450. The Balaban J connectivity index is 0.000000184. The van der Waals surface area contributed by atoms with Crippen LogP contribution < -0.4 is 27.9 Å². The van der Waals surface area contributed by atoms with Crippen molar-refractivity contribution < 1.29 is 4.79 Å². The molecule has 2 fully saturated rings. The Morgan fingerprint density at radius 3 is 1.85 bits per heavy atom. The molecule has 4 aromatic heterocycles. The summed E-state index contributed by atoms with van der Waals surface area (Å²) in [6, 6.07) is 16.4. The van der Waals surface area contributed by atoms with E-state index in [1.165, 1.54) is 30.2 Å². The van der Waals surface area contributed by atoms with Crippen LogP contribution in [0.1, 0.15) is 124 Å². The molecule has 282 valence electrons. The molecule has 0 radical (unpaired) electrons. The van der Waals surface area contributed by atoms with Crippen molar-refractivity contribution >= 4 is 62.1 Å². The first-order chi connectivity index (χ1) is 26.0. The van der Waals surface area contributed by atoms with Gasteiger partial charge in [-0.05, 0) is 80.6 Å². The van der Waals surface area contributed by atoms with Crippen molar-refractivity contribution in [3.63, 3.8) is 0 Å². The fourth-order valence-corrected chi connectivity index (χ4v) is 8.81. The van der Waals surface area contributed by atoms with Crippen molar-refractivity contribution in [2.24, 2.45) is 5.73 Å². The fourth-order valence-electron chi connectivity index (χ4n) is 8.29. The highest BCUT2D eigenvalue weighted by Gasteiger charge is 2.27. The van der Waals surface area contributed by atoms with Crippen LogP contribution >= 0.6 is 23.2 Å². The number of nitrogens with zero attached hydrogens (tertiary/aromatic N) is 5. The Morgan fingerprint density at radius 2 is 1.31 bits per heavy atom. The van der Waals surface area contributed by atoms with Crippen molar-refractivity contribution in [2.75, 3.05) is 5.73 Å². The number of rotatable bonds is 6. The van der Waals surface area contributed by atoms with Gasteiger partial charge in [0.1, 0.15) is 5.56 Å². The van der Waals surface area contributed by atoms with E-state index in [1.807, 2.05) is 59.4 Å². The summed E-state index contributed by atoms with van der Waals surface area (Å²) in [5.74, 6) is -0.282. The van der Waals surface area contributed by atoms with Gasteiger partial charge in [-0.15, -0.1) is 5.10 Å². The summed E-state index contributed by atoms with van der Waals surface area (Å²) in [4.78, 5) is 44.1. The number of pyridine rings is 2. The maximum Gasteiger partial charge on any atom is 0.260 e. The summed E-state index contributed by atoms with van der Waals surface area (Å²) < 4.78 is 5.24. The van der Waals surface area contributed by atoms with E-state index < -0.39 is 6.04 Å². The van der Waals surface area contributed by atoms with E-state index in [1.54, 1.807) is 30.6 Å². The lowest BCUT2D eigenvalue weighted by molar-refractivity contribution is 0.0940. The van der Waals surface area contributed by atoms with Crippen LogP contribution in [-0.4, -0.2) is 29.6 Å². The predicted octanol–water partition coefficient (Wildman–Crippen LogP) is 8.46. The quantitative estimate of drug-likeness (QED) is 0.154. The number of carbonyl (C=O) groups excluding carboxylic acids is 1. The lowest BCUT2D eigenvalue weighted by Crippen LogP contribution is -2.35. The van der Waals surface area contributed by atoms with Gasteiger partial charge < -0.3 is 25.9 Å². The number of carbonyl (C=O) groups is 1. The zero-order chi connectivity index (χ0) is 38.1. The Labute approximate surface area is 323 Å². The van der Waals surface area contributed by atoms with Crippen LogP contribution in [0.4, 0.5) is 5.82 Å². The van der Waals surface area contributed by atoms with E-state index in [9.17, 15) is 14.4 Å². The number of nitrogens with two attached hydrogens (primary N) is 2. The lowest BCUT2D eigenvalue weighted by atomic mass is 9.94. The minimum Gasteiger partial charge on any atom is -0.381 e. The van der Waals surface area contributed by atoms with Gasteiger partial charge in [0, 0.05) is 41.9 Å². The van der Waals surface area contributed by atoms with E-state index in [0.29, 0.717) is 26.5 Å². The summed E-state index contributed by atoms with van der Waals surface area (Å²) in [5.41, 5.74) is 14.3. The van der Waals surface area contributed by atoms with Crippen LogP contribution in [0.5, 0.6) is 0 Å². The summed E-state index contributed by atoms with van der Waals surface area (Å²) in [6.45, 7) is 3.81. The number of hydrogen-bond acceptors (Lipinski definition) is 7. The first-order valence-electron chi connectivity index (χ1n) is 18.9. The minimum absolute atomic E-state index is 0.0114. The highest BCUT2D eigenvalue weighted by atomic mass is 35.5. The topological polar surface area (TPSA) is 155 Å². The first-order valence-corrected chi connectivity index (χ1v) is 19.6. The van der Waals surface area contributed by atoms with Crippen molar-refractivity contribution in [1.29, 1.82) is 0 Å².